The van der Waals surface area contributed by atoms with Crippen molar-refractivity contribution < 1.29 is 9.59 Å². The summed E-state index contributed by atoms with van der Waals surface area (Å²) >= 11 is 0. The molecule has 0 atom stereocenters. The summed E-state index contributed by atoms with van der Waals surface area (Å²) in [7, 11) is 0. The van der Waals surface area contributed by atoms with E-state index in [1.165, 1.54) is 0 Å². The molecule has 0 N–H and O–H groups in total. The maximum absolute atomic E-state index is 12.2. The third-order valence-corrected chi connectivity index (χ3v) is 3.37. The molecule has 0 aliphatic heterocycles. The fraction of sp³-hybridized carbons (Fsp3) is 0. The second kappa shape index (κ2) is 4.60. The Morgan fingerprint density at radius 1 is 0.950 bits per heavy atom. The van der Waals surface area contributed by atoms with E-state index in [2.05, 4.69) is 0 Å². The molecule has 2 aromatic carbocycles. The van der Waals surface area contributed by atoms with Crippen LogP contribution in [0.15, 0.2) is 54.1 Å². The molecular weight excluding hydrogens is 250 g/mol. The molecule has 0 unspecified atom stereocenters. The summed E-state index contributed by atoms with van der Waals surface area (Å²) in [5, 5.41) is 9.26. The maximum atomic E-state index is 12.2. The standard InChI is InChI=1S/C17H9NO2/c18-9-15-16(12-7-5-11(10-19)6-8-12)13-3-1-2-4-14(13)17(15)20/h1-8,10H. The summed E-state index contributed by atoms with van der Waals surface area (Å²) < 4.78 is 0. The highest BCUT2D eigenvalue weighted by molar-refractivity contribution is 6.25. The van der Waals surface area contributed by atoms with Crippen LogP contribution >= 0.6 is 0 Å². The van der Waals surface area contributed by atoms with Gasteiger partial charge in [-0.25, -0.2) is 0 Å². The predicted molar refractivity (Wildman–Crippen MR) is 74.2 cm³/mol. The van der Waals surface area contributed by atoms with Crippen molar-refractivity contribution in [3.63, 3.8) is 0 Å². The Kier molecular flexibility index (Phi) is 2.77. The molecule has 0 bridgehead atoms. The lowest BCUT2D eigenvalue weighted by atomic mass is 9.97. The molecule has 0 amide bonds. The zero-order valence-electron chi connectivity index (χ0n) is 10.5. The average molecular weight is 259 g/mol. The van der Waals surface area contributed by atoms with E-state index in [0.717, 1.165) is 17.4 Å². The lowest BCUT2D eigenvalue weighted by molar-refractivity contribution is 0.104. The Morgan fingerprint density at radius 3 is 2.20 bits per heavy atom. The summed E-state index contributed by atoms with van der Waals surface area (Å²) in [6.45, 7) is 0. The number of rotatable bonds is 2. The minimum absolute atomic E-state index is 0.157. The first-order chi connectivity index (χ1) is 9.76. The van der Waals surface area contributed by atoms with Gasteiger partial charge in [0, 0.05) is 16.7 Å². The van der Waals surface area contributed by atoms with Crippen LogP contribution < -0.4 is 0 Å². The van der Waals surface area contributed by atoms with Crippen LogP contribution in [0, 0.1) is 11.3 Å². The number of ketones is 1. The predicted octanol–water partition coefficient (Wildman–Crippen LogP) is 3.02. The van der Waals surface area contributed by atoms with Gasteiger partial charge in [0.15, 0.2) is 0 Å². The van der Waals surface area contributed by atoms with Gasteiger partial charge in [-0.15, -0.1) is 0 Å². The van der Waals surface area contributed by atoms with Gasteiger partial charge in [0.2, 0.25) is 5.78 Å². The minimum atomic E-state index is -0.238. The molecule has 0 saturated heterocycles. The lowest BCUT2D eigenvalue weighted by Gasteiger charge is -2.05. The van der Waals surface area contributed by atoms with Gasteiger partial charge in [-0.3, -0.25) is 9.59 Å². The van der Waals surface area contributed by atoms with Crippen molar-refractivity contribution in [3.8, 4) is 6.07 Å². The Labute approximate surface area is 115 Å². The van der Waals surface area contributed by atoms with Crippen LogP contribution in [0.2, 0.25) is 0 Å². The Balaban J connectivity index is 2.24. The van der Waals surface area contributed by atoms with Crippen molar-refractivity contribution in [2.24, 2.45) is 0 Å². The number of carbonyl (C=O) groups excluding carboxylic acids is 2. The van der Waals surface area contributed by atoms with E-state index in [0.29, 0.717) is 16.7 Å². The largest absolute Gasteiger partial charge is 0.298 e. The topological polar surface area (TPSA) is 57.9 Å². The van der Waals surface area contributed by atoms with E-state index >= 15 is 0 Å². The van der Waals surface area contributed by atoms with Gasteiger partial charge in [0.25, 0.3) is 0 Å². The molecule has 1 aliphatic rings. The second-order valence-electron chi connectivity index (χ2n) is 4.48. The quantitative estimate of drug-likeness (QED) is 0.779. The van der Waals surface area contributed by atoms with E-state index in [9.17, 15) is 14.9 Å². The molecule has 0 fully saturated rings. The first kappa shape index (κ1) is 12.1. The van der Waals surface area contributed by atoms with Crippen molar-refractivity contribution in [2.45, 2.75) is 0 Å². The van der Waals surface area contributed by atoms with E-state index in [1.54, 1.807) is 36.4 Å². The van der Waals surface area contributed by atoms with E-state index in [4.69, 9.17) is 0 Å². The minimum Gasteiger partial charge on any atom is -0.298 e. The third kappa shape index (κ3) is 1.67. The Bertz CT molecular complexity index is 792. The second-order valence-corrected chi connectivity index (χ2v) is 4.48. The van der Waals surface area contributed by atoms with Crippen LogP contribution in [0.1, 0.15) is 31.8 Å². The van der Waals surface area contributed by atoms with Gasteiger partial charge in [-0.1, -0.05) is 48.5 Å². The summed E-state index contributed by atoms with van der Waals surface area (Å²) in [6, 6.07) is 16.0. The number of nitrogens with zero attached hydrogens (tertiary/aromatic N) is 1. The summed E-state index contributed by atoms with van der Waals surface area (Å²) in [6.07, 6.45) is 0.761. The molecule has 0 saturated carbocycles. The smallest absolute Gasteiger partial charge is 0.204 e. The highest BCUT2D eigenvalue weighted by atomic mass is 16.1. The monoisotopic (exact) mass is 259 g/mol. The first-order valence-electron chi connectivity index (χ1n) is 6.10. The number of allylic oxidation sites excluding steroid dienone is 1. The molecule has 0 aromatic heterocycles. The first-order valence-corrected chi connectivity index (χ1v) is 6.10. The molecule has 3 nitrogen and oxygen atoms in total. The number of aldehydes is 1. The van der Waals surface area contributed by atoms with Crippen molar-refractivity contribution in [3.05, 3.63) is 76.4 Å². The van der Waals surface area contributed by atoms with E-state index in [1.807, 2.05) is 18.2 Å². The van der Waals surface area contributed by atoms with Gasteiger partial charge >= 0.3 is 0 Å². The van der Waals surface area contributed by atoms with E-state index in [-0.39, 0.29) is 11.4 Å². The van der Waals surface area contributed by atoms with Crippen LogP contribution in [0.3, 0.4) is 0 Å². The Hall–Kier alpha value is -2.99. The summed E-state index contributed by atoms with van der Waals surface area (Å²) in [5.74, 6) is -0.238. The number of benzene rings is 2. The number of fused-ring (bicyclic) bond motifs is 1. The normalized spacial score (nSPS) is 13.1. The fourth-order valence-electron chi connectivity index (χ4n) is 2.42. The molecular formula is C17H9NO2. The number of hydrogen-bond acceptors (Lipinski definition) is 3. The molecule has 3 heteroatoms. The average Bonchev–Trinajstić information content (AvgIpc) is 2.80. The summed E-state index contributed by atoms with van der Waals surface area (Å²) in [5.41, 5.74) is 3.46. The highest BCUT2D eigenvalue weighted by Crippen LogP contribution is 2.36. The van der Waals surface area contributed by atoms with Crippen molar-refractivity contribution >= 4 is 17.6 Å². The fourth-order valence-corrected chi connectivity index (χ4v) is 2.42. The molecule has 0 heterocycles. The highest BCUT2D eigenvalue weighted by Gasteiger charge is 2.29. The van der Waals surface area contributed by atoms with E-state index < -0.39 is 0 Å². The molecule has 3 rings (SSSR count). The van der Waals surface area contributed by atoms with Crippen LogP contribution in [0.4, 0.5) is 0 Å². The van der Waals surface area contributed by atoms with Crippen molar-refractivity contribution in [2.75, 3.05) is 0 Å². The number of hydrogen-bond donors (Lipinski definition) is 0. The van der Waals surface area contributed by atoms with Crippen LogP contribution in [-0.4, -0.2) is 12.1 Å². The van der Waals surface area contributed by atoms with Gasteiger partial charge < -0.3 is 0 Å². The van der Waals surface area contributed by atoms with Crippen LogP contribution in [0.5, 0.6) is 0 Å². The third-order valence-electron chi connectivity index (χ3n) is 3.37. The van der Waals surface area contributed by atoms with Crippen LogP contribution in [0.25, 0.3) is 5.57 Å². The number of carbonyl (C=O) groups is 2. The number of nitriles is 1. The molecule has 0 spiro atoms. The molecule has 94 valence electrons. The molecule has 20 heavy (non-hydrogen) atoms. The lowest BCUT2D eigenvalue weighted by Crippen LogP contribution is -1.96. The number of Topliss-reactive ketones (excluding diaryl/α,β-unsaturated/α-hetero) is 1. The van der Waals surface area contributed by atoms with Gasteiger partial charge in [0.1, 0.15) is 17.9 Å². The van der Waals surface area contributed by atoms with Crippen LogP contribution in [-0.2, 0) is 0 Å². The van der Waals surface area contributed by atoms with Crippen molar-refractivity contribution in [1.29, 1.82) is 5.26 Å². The van der Waals surface area contributed by atoms with Gasteiger partial charge in [-0.05, 0) is 11.1 Å². The molecule has 1 aliphatic carbocycles. The van der Waals surface area contributed by atoms with Gasteiger partial charge in [-0.2, -0.15) is 5.26 Å². The van der Waals surface area contributed by atoms with Crippen molar-refractivity contribution in [1.82, 2.24) is 0 Å². The van der Waals surface area contributed by atoms with Gasteiger partial charge in [0.05, 0.1) is 0 Å². The molecule has 0 radical (unpaired) electrons. The SMILES string of the molecule is N#CC1=C(c2ccc(C=O)cc2)c2ccccc2C1=O. The summed E-state index contributed by atoms with van der Waals surface area (Å²) in [4.78, 5) is 22.9. The maximum Gasteiger partial charge on any atom is 0.204 e. The zero-order chi connectivity index (χ0) is 14.1. The Morgan fingerprint density at radius 2 is 1.60 bits per heavy atom. The zero-order valence-corrected chi connectivity index (χ0v) is 10.5. The molecule has 2 aromatic rings.